The number of benzene rings is 1. The van der Waals surface area contributed by atoms with Gasteiger partial charge in [0.1, 0.15) is 0 Å². The average molecular weight is 209 g/mol. The molecule has 0 saturated carbocycles. The first-order valence-electron chi connectivity index (χ1n) is 5.49. The van der Waals surface area contributed by atoms with Crippen molar-refractivity contribution in [1.29, 1.82) is 0 Å². The zero-order chi connectivity index (χ0) is 9.97. The Kier molecular flexibility index (Phi) is 3.12. The van der Waals surface area contributed by atoms with Gasteiger partial charge in [0.15, 0.2) is 0 Å². The Labute approximate surface area is 91.3 Å². The molecule has 0 aromatic heterocycles. The van der Waals surface area contributed by atoms with Gasteiger partial charge in [-0.15, -0.1) is 11.6 Å². The van der Waals surface area contributed by atoms with Crippen molar-refractivity contribution >= 4 is 11.6 Å². The molecule has 0 saturated heterocycles. The van der Waals surface area contributed by atoms with Crippen molar-refractivity contribution in [3.63, 3.8) is 0 Å². The van der Waals surface area contributed by atoms with Crippen LogP contribution in [-0.2, 0) is 12.8 Å². The molecule has 0 radical (unpaired) electrons. The van der Waals surface area contributed by atoms with Crippen LogP contribution in [0.5, 0.6) is 0 Å². The lowest BCUT2D eigenvalue weighted by Gasteiger charge is -2.11. The summed E-state index contributed by atoms with van der Waals surface area (Å²) in [5, 5.41) is 0. The van der Waals surface area contributed by atoms with Gasteiger partial charge in [-0.25, -0.2) is 0 Å². The van der Waals surface area contributed by atoms with Crippen LogP contribution in [0, 0.1) is 0 Å². The number of hydrogen-bond acceptors (Lipinski definition) is 0. The molecule has 2 rings (SSSR count). The lowest BCUT2D eigenvalue weighted by atomic mass is 9.95. The molecule has 0 aliphatic heterocycles. The first-order chi connectivity index (χ1) is 6.81. The predicted molar refractivity (Wildman–Crippen MR) is 62.2 cm³/mol. The lowest BCUT2D eigenvalue weighted by Crippen LogP contribution is -1.96. The largest absolute Gasteiger partial charge is 0.127 e. The summed E-state index contributed by atoms with van der Waals surface area (Å²) in [7, 11) is 0. The van der Waals surface area contributed by atoms with Gasteiger partial charge in [0.25, 0.3) is 0 Å². The molecule has 1 atom stereocenters. The van der Waals surface area contributed by atoms with Crippen LogP contribution >= 0.6 is 11.6 Å². The molecule has 1 aliphatic rings. The van der Waals surface area contributed by atoms with Crippen molar-refractivity contribution in [3.8, 4) is 0 Å². The normalized spacial score (nSPS) is 16.7. The first-order valence-corrected chi connectivity index (χ1v) is 6.02. The van der Waals surface area contributed by atoms with Gasteiger partial charge < -0.3 is 0 Å². The van der Waals surface area contributed by atoms with E-state index in [-0.39, 0.29) is 0 Å². The molecule has 0 unspecified atom stereocenters. The Morgan fingerprint density at radius 2 is 2.07 bits per heavy atom. The minimum atomic E-state index is 0.610. The van der Waals surface area contributed by atoms with E-state index in [4.69, 9.17) is 11.6 Å². The molecule has 0 amide bonds. The van der Waals surface area contributed by atoms with Crippen LogP contribution in [0.4, 0.5) is 0 Å². The summed E-state index contributed by atoms with van der Waals surface area (Å²) < 4.78 is 0. The third-order valence-corrected chi connectivity index (χ3v) is 3.45. The molecule has 1 aliphatic carbocycles. The SMILES string of the molecule is C[C@@H](CCCl)c1ccc2c(c1)CCC2. The maximum Gasteiger partial charge on any atom is 0.0229 e. The molecule has 0 nitrogen and oxygen atoms in total. The van der Waals surface area contributed by atoms with Crippen LogP contribution in [-0.4, -0.2) is 5.88 Å². The summed E-state index contributed by atoms with van der Waals surface area (Å²) in [6.07, 6.45) is 4.97. The molecular formula is C13H17Cl. The van der Waals surface area contributed by atoms with Crippen molar-refractivity contribution in [2.75, 3.05) is 5.88 Å². The molecule has 1 aromatic carbocycles. The monoisotopic (exact) mass is 208 g/mol. The van der Waals surface area contributed by atoms with E-state index in [1.807, 2.05) is 0 Å². The number of rotatable bonds is 3. The van der Waals surface area contributed by atoms with E-state index in [0.29, 0.717) is 5.92 Å². The summed E-state index contributed by atoms with van der Waals surface area (Å²) in [4.78, 5) is 0. The molecule has 76 valence electrons. The Balaban J connectivity index is 2.19. The van der Waals surface area contributed by atoms with E-state index in [9.17, 15) is 0 Å². The number of hydrogen-bond donors (Lipinski definition) is 0. The van der Waals surface area contributed by atoms with Gasteiger partial charge in [0.05, 0.1) is 0 Å². The van der Waals surface area contributed by atoms with E-state index in [2.05, 4.69) is 25.1 Å². The number of aryl methyl sites for hydroxylation is 2. The van der Waals surface area contributed by atoms with Crippen molar-refractivity contribution in [2.24, 2.45) is 0 Å². The van der Waals surface area contributed by atoms with Crippen LogP contribution in [0.1, 0.15) is 42.4 Å². The van der Waals surface area contributed by atoms with Gasteiger partial charge in [-0.2, -0.15) is 0 Å². The Bertz CT molecular complexity index is 317. The molecule has 14 heavy (non-hydrogen) atoms. The maximum atomic E-state index is 5.76. The second-order valence-electron chi connectivity index (χ2n) is 4.26. The Hall–Kier alpha value is -0.490. The second-order valence-corrected chi connectivity index (χ2v) is 4.64. The second kappa shape index (κ2) is 4.35. The fourth-order valence-electron chi connectivity index (χ4n) is 2.23. The van der Waals surface area contributed by atoms with Crippen LogP contribution in [0.3, 0.4) is 0 Å². The zero-order valence-corrected chi connectivity index (χ0v) is 9.48. The number of alkyl halides is 1. The highest BCUT2D eigenvalue weighted by atomic mass is 35.5. The standard InChI is InChI=1S/C13H17Cl/c1-10(7-8-14)12-6-5-11-3-2-4-13(11)9-12/h5-6,9-10H,2-4,7-8H2,1H3/t10-/m0/s1. The van der Waals surface area contributed by atoms with Gasteiger partial charge in [-0.1, -0.05) is 25.1 Å². The average Bonchev–Trinajstić information content (AvgIpc) is 2.64. The van der Waals surface area contributed by atoms with Gasteiger partial charge in [0, 0.05) is 5.88 Å². The third kappa shape index (κ3) is 1.95. The Morgan fingerprint density at radius 3 is 2.86 bits per heavy atom. The fourth-order valence-corrected chi connectivity index (χ4v) is 2.56. The minimum Gasteiger partial charge on any atom is -0.127 e. The topological polar surface area (TPSA) is 0 Å². The van der Waals surface area contributed by atoms with Crippen LogP contribution < -0.4 is 0 Å². The summed E-state index contributed by atoms with van der Waals surface area (Å²) in [5.41, 5.74) is 4.60. The summed E-state index contributed by atoms with van der Waals surface area (Å²) >= 11 is 5.76. The lowest BCUT2D eigenvalue weighted by molar-refractivity contribution is 0.737. The van der Waals surface area contributed by atoms with Crippen LogP contribution in [0.2, 0.25) is 0 Å². The Morgan fingerprint density at radius 1 is 1.29 bits per heavy atom. The van der Waals surface area contributed by atoms with E-state index >= 15 is 0 Å². The highest BCUT2D eigenvalue weighted by Gasteiger charge is 2.12. The van der Waals surface area contributed by atoms with Gasteiger partial charge >= 0.3 is 0 Å². The quantitative estimate of drug-likeness (QED) is 0.661. The highest BCUT2D eigenvalue weighted by Crippen LogP contribution is 2.27. The number of halogens is 1. The summed E-state index contributed by atoms with van der Waals surface area (Å²) in [6.45, 7) is 2.26. The minimum absolute atomic E-state index is 0.610. The fraction of sp³-hybridized carbons (Fsp3) is 0.538. The van der Waals surface area contributed by atoms with Crippen molar-refractivity contribution in [3.05, 3.63) is 34.9 Å². The molecule has 0 fully saturated rings. The van der Waals surface area contributed by atoms with E-state index in [0.717, 1.165) is 12.3 Å². The molecule has 1 aromatic rings. The predicted octanol–water partition coefficient (Wildman–Crippen LogP) is 3.91. The maximum absolute atomic E-state index is 5.76. The summed E-state index contributed by atoms with van der Waals surface area (Å²) in [5.74, 6) is 1.37. The van der Waals surface area contributed by atoms with Crippen LogP contribution in [0.25, 0.3) is 0 Å². The van der Waals surface area contributed by atoms with E-state index < -0.39 is 0 Å². The molecule has 1 heteroatoms. The number of fused-ring (bicyclic) bond motifs is 1. The van der Waals surface area contributed by atoms with Crippen LogP contribution in [0.15, 0.2) is 18.2 Å². The summed E-state index contributed by atoms with van der Waals surface area (Å²) in [6, 6.07) is 6.98. The zero-order valence-electron chi connectivity index (χ0n) is 8.72. The van der Waals surface area contributed by atoms with Crippen molar-refractivity contribution < 1.29 is 0 Å². The molecular weight excluding hydrogens is 192 g/mol. The van der Waals surface area contributed by atoms with Gasteiger partial charge in [0.2, 0.25) is 0 Å². The highest BCUT2D eigenvalue weighted by molar-refractivity contribution is 6.17. The smallest absolute Gasteiger partial charge is 0.0229 e. The third-order valence-electron chi connectivity index (χ3n) is 3.23. The first kappa shape index (κ1) is 10.0. The molecule has 0 heterocycles. The molecule has 0 spiro atoms. The van der Waals surface area contributed by atoms with Gasteiger partial charge in [-0.05, 0) is 48.3 Å². The van der Waals surface area contributed by atoms with E-state index in [1.165, 1.54) is 24.8 Å². The van der Waals surface area contributed by atoms with Gasteiger partial charge in [-0.3, -0.25) is 0 Å². The van der Waals surface area contributed by atoms with Crippen molar-refractivity contribution in [2.45, 2.75) is 38.5 Å². The molecule has 0 bridgehead atoms. The van der Waals surface area contributed by atoms with E-state index in [1.54, 1.807) is 11.1 Å². The molecule has 0 N–H and O–H groups in total. The van der Waals surface area contributed by atoms with Crippen molar-refractivity contribution in [1.82, 2.24) is 0 Å².